The quantitative estimate of drug-likeness (QED) is 0.684. The molecule has 2 aliphatic heterocycles. The van der Waals surface area contributed by atoms with Crippen molar-refractivity contribution in [1.82, 2.24) is 9.21 Å². The Morgan fingerprint density at radius 2 is 1.94 bits per heavy atom. The number of carbonyl (C=O) groups excluding carboxylic acids is 2. The Labute approximate surface area is 197 Å². The molecule has 2 aromatic rings. The Morgan fingerprint density at radius 1 is 1.21 bits per heavy atom. The van der Waals surface area contributed by atoms with Crippen molar-refractivity contribution in [2.75, 3.05) is 38.6 Å². The molecule has 0 saturated carbocycles. The molecular formula is C22H24ClN3O6S. The van der Waals surface area contributed by atoms with Crippen LogP contribution in [0.4, 0.5) is 5.69 Å². The zero-order chi connectivity index (χ0) is 23.8. The Kier molecular flexibility index (Phi) is 6.51. The Morgan fingerprint density at radius 3 is 2.64 bits per heavy atom. The maximum Gasteiger partial charge on any atom is 0.265 e. The fraction of sp³-hybridized carbons (Fsp3) is 0.364. The van der Waals surface area contributed by atoms with Crippen LogP contribution >= 0.6 is 11.6 Å². The van der Waals surface area contributed by atoms with E-state index in [1.807, 2.05) is 24.3 Å². The molecule has 1 saturated heterocycles. The second kappa shape index (κ2) is 9.20. The molecule has 2 aliphatic rings. The third-order valence-electron chi connectivity index (χ3n) is 5.66. The molecule has 2 amide bonds. The average Bonchev–Trinajstić information content (AvgIpc) is 2.80. The number of amides is 2. The largest absolute Gasteiger partial charge is 0.497 e. The fourth-order valence-corrected chi connectivity index (χ4v) is 5.73. The van der Waals surface area contributed by atoms with Gasteiger partial charge in [-0.15, -0.1) is 0 Å². The molecule has 0 unspecified atom stereocenters. The topological polar surface area (TPSA) is 105 Å². The zero-order valence-corrected chi connectivity index (χ0v) is 19.8. The first-order chi connectivity index (χ1) is 15.7. The SMILES string of the molecule is COc1cccc(CC(=O)N2CCN(S(=O)(=O)c3cc4c(cc3Cl)NC(=O)[C@H](C)O4)CC2)c1. The van der Waals surface area contributed by atoms with Gasteiger partial charge in [-0.05, 0) is 30.7 Å². The molecular weight excluding hydrogens is 470 g/mol. The number of nitrogens with one attached hydrogen (secondary N) is 1. The van der Waals surface area contributed by atoms with Crippen molar-refractivity contribution in [3.63, 3.8) is 0 Å². The van der Waals surface area contributed by atoms with Crippen molar-refractivity contribution in [1.29, 1.82) is 0 Å². The van der Waals surface area contributed by atoms with Crippen LogP contribution in [-0.2, 0) is 26.0 Å². The standard InChI is InChI=1S/C22H24ClN3O6S/c1-14-22(28)24-18-12-17(23)20(13-19(18)32-14)33(29,30)26-8-6-25(7-9-26)21(27)11-15-4-3-5-16(10-15)31-2/h3-5,10,12-14H,6-9,11H2,1-2H3,(H,24,28)/t14-/m0/s1. The van der Waals surface area contributed by atoms with E-state index in [0.717, 1.165) is 5.56 Å². The lowest BCUT2D eigenvalue weighted by molar-refractivity contribution is -0.131. The maximum atomic E-state index is 13.3. The number of halogens is 1. The maximum absolute atomic E-state index is 13.3. The van der Waals surface area contributed by atoms with Crippen LogP contribution < -0.4 is 14.8 Å². The normalized spacial score (nSPS) is 18.8. The van der Waals surface area contributed by atoms with Gasteiger partial charge in [0.25, 0.3) is 5.91 Å². The highest BCUT2D eigenvalue weighted by atomic mass is 35.5. The van der Waals surface area contributed by atoms with Crippen LogP contribution in [0.15, 0.2) is 41.3 Å². The van der Waals surface area contributed by atoms with Gasteiger partial charge in [-0.25, -0.2) is 8.42 Å². The number of nitrogens with zero attached hydrogens (tertiary/aromatic N) is 2. The molecule has 2 aromatic carbocycles. The lowest BCUT2D eigenvalue weighted by atomic mass is 10.1. The first-order valence-electron chi connectivity index (χ1n) is 10.4. The van der Waals surface area contributed by atoms with Crippen LogP contribution in [0.3, 0.4) is 0 Å². The summed E-state index contributed by atoms with van der Waals surface area (Å²) in [6.45, 7) is 2.41. The minimum absolute atomic E-state index is 0.0104. The van der Waals surface area contributed by atoms with Crippen molar-refractivity contribution in [3.05, 3.63) is 47.0 Å². The molecule has 0 radical (unpaired) electrons. The van der Waals surface area contributed by atoms with Gasteiger partial charge in [0, 0.05) is 32.2 Å². The van der Waals surface area contributed by atoms with Crippen LogP contribution in [0.1, 0.15) is 12.5 Å². The predicted molar refractivity (Wildman–Crippen MR) is 122 cm³/mol. The summed E-state index contributed by atoms with van der Waals surface area (Å²) in [4.78, 5) is 26.1. The van der Waals surface area contributed by atoms with Gasteiger partial charge in [0.05, 0.1) is 24.2 Å². The fourth-order valence-electron chi connectivity index (χ4n) is 3.79. The summed E-state index contributed by atoms with van der Waals surface area (Å²) in [7, 11) is -2.35. The van der Waals surface area contributed by atoms with E-state index in [2.05, 4.69) is 5.32 Å². The minimum Gasteiger partial charge on any atom is -0.497 e. The first-order valence-corrected chi connectivity index (χ1v) is 12.2. The summed E-state index contributed by atoms with van der Waals surface area (Å²) in [5.74, 6) is 0.516. The van der Waals surface area contributed by atoms with E-state index in [-0.39, 0.29) is 60.1 Å². The Hall–Kier alpha value is -2.82. The molecule has 2 heterocycles. The second-order valence-corrected chi connectivity index (χ2v) is 10.2. The van der Waals surface area contributed by atoms with Crippen LogP contribution in [-0.4, -0.2) is 68.8 Å². The Bertz CT molecular complexity index is 1190. The number of fused-ring (bicyclic) bond motifs is 1. The number of hydrogen-bond acceptors (Lipinski definition) is 6. The third-order valence-corrected chi connectivity index (χ3v) is 8.03. The van der Waals surface area contributed by atoms with Crippen molar-refractivity contribution in [2.24, 2.45) is 0 Å². The highest BCUT2D eigenvalue weighted by Crippen LogP contribution is 2.38. The first kappa shape index (κ1) is 23.3. The van der Waals surface area contributed by atoms with Gasteiger partial charge < -0.3 is 19.7 Å². The van der Waals surface area contributed by atoms with Crippen molar-refractivity contribution in [2.45, 2.75) is 24.3 Å². The number of carbonyl (C=O) groups is 2. The average molecular weight is 494 g/mol. The molecule has 33 heavy (non-hydrogen) atoms. The molecule has 0 spiro atoms. The smallest absolute Gasteiger partial charge is 0.265 e. The van der Waals surface area contributed by atoms with Crippen molar-refractivity contribution < 1.29 is 27.5 Å². The third kappa shape index (κ3) is 4.78. The minimum atomic E-state index is -3.92. The van der Waals surface area contributed by atoms with E-state index in [1.165, 1.54) is 16.4 Å². The van der Waals surface area contributed by atoms with Gasteiger partial charge in [-0.1, -0.05) is 23.7 Å². The van der Waals surface area contributed by atoms with E-state index in [1.54, 1.807) is 18.9 Å². The second-order valence-electron chi connectivity index (χ2n) is 7.84. The number of methoxy groups -OCH3 is 1. The highest BCUT2D eigenvalue weighted by Gasteiger charge is 2.34. The molecule has 9 nitrogen and oxygen atoms in total. The number of anilines is 1. The van der Waals surface area contributed by atoms with Gasteiger partial charge in [0.2, 0.25) is 15.9 Å². The molecule has 4 rings (SSSR count). The number of benzene rings is 2. The summed E-state index contributed by atoms with van der Waals surface area (Å²) in [5.41, 5.74) is 1.16. The molecule has 1 N–H and O–H groups in total. The zero-order valence-electron chi connectivity index (χ0n) is 18.2. The molecule has 0 aliphatic carbocycles. The van der Waals surface area contributed by atoms with E-state index < -0.39 is 16.1 Å². The van der Waals surface area contributed by atoms with Gasteiger partial charge in [-0.2, -0.15) is 4.31 Å². The van der Waals surface area contributed by atoms with Crippen LogP contribution in [0, 0.1) is 0 Å². The summed E-state index contributed by atoms with van der Waals surface area (Å²) in [5, 5.41) is 2.63. The summed E-state index contributed by atoms with van der Waals surface area (Å²) >= 11 is 6.26. The van der Waals surface area contributed by atoms with E-state index in [9.17, 15) is 18.0 Å². The molecule has 1 fully saturated rings. The number of hydrogen-bond donors (Lipinski definition) is 1. The predicted octanol–water partition coefficient (Wildman–Crippen LogP) is 2.14. The van der Waals surface area contributed by atoms with Gasteiger partial charge >= 0.3 is 0 Å². The van der Waals surface area contributed by atoms with Crippen LogP contribution in [0.5, 0.6) is 11.5 Å². The van der Waals surface area contributed by atoms with Gasteiger partial charge in [0.15, 0.2) is 6.10 Å². The molecule has 11 heteroatoms. The summed E-state index contributed by atoms with van der Waals surface area (Å²) in [6, 6.07) is 10.0. The van der Waals surface area contributed by atoms with Crippen molar-refractivity contribution in [3.8, 4) is 11.5 Å². The van der Waals surface area contributed by atoms with E-state index >= 15 is 0 Å². The Balaban J connectivity index is 1.44. The van der Waals surface area contributed by atoms with Crippen molar-refractivity contribution >= 4 is 39.1 Å². The van der Waals surface area contributed by atoms with E-state index in [4.69, 9.17) is 21.1 Å². The van der Waals surface area contributed by atoms with E-state index in [0.29, 0.717) is 11.4 Å². The number of ether oxygens (including phenoxy) is 2. The molecule has 0 aromatic heterocycles. The van der Waals surface area contributed by atoms with Crippen LogP contribution in [0.2, 0.25) is 5.02 Å². The lowest BCUT2D eigenvalue weighted by Crippen LogP contribution is -2.50. The summed E-state index contributed by atoms with van der Waals surface area (Å²) < 4.78 is 38.5. The number of sulfonamides is 1. The highest BCUT2D eigenvalue weighted by molar-refractivity contribution is 7.89. The summed E-state index contributed by atoms with van der Waals surface area (Å²) in [6.07, 6.45) is -0.532. The lowest BCUT2D eigenvalue weighted by Gasteiger charge is -2.34. The molecule has 0 bridgehead atoms. The van der Waals surface area contributed by atoms with Gasteiger partial charge in [0.1, 0.15) is 16.4 Å². The molecule has 176 valence electrons. The van der Waals surface area contributed by atoms with Gasteiger partial charge in [-0.3, -0.25) is 9.59 Å². The van der Waals surface area contributed by atoms with Crippen LogP contribution in [0.25, 0.3) is 0 Å². The number of piperazine rings is 1. The molecule has 1 atom stereocenters. The monoisotopic (exact) mass is 493 g/mol. The number of rotatable bonds is 5.